The van der Waals surface area contributed by atoms with Crippen LogP contribution >= 0.6 is 0 Å². The molecule has 1 aromatic carbocycles. The number of aromatic carboxylic acids is 1. The summed E-state index contributed by atoms with van der Waals surface area (Å²) >= 11 is 0. The molecule has 0 saturated carbocycles. The first-order valence-electron chi connectivity index (χ1n) is 8.30. The van der Waals surface area contributed by atoms with Crippen LogP contribution in [0.15, 0.2) is 35.5 Å². The second kappa shape index (κ2) is 6.91. The van der Waals surface area contributed by atoms with E-state index >= 15 is 0 Å². The van der Waals surface area contributed by atoms with Crippen molar-refractivity contribution in [1.82, 2.24) is 4.57 Å². The fourth-order valence-electron chi connectivity index (χ4n) is 3.21. The zero-order valence-electron chi connectivity index (χ0n) is 13.7. The Balaban J connectivity index is 2.05. The lowest BCUT2D eigenvalue weighted by Crippen LogP contribution is -2.22. The van der Waals surface area contributed by atoms with Gasteiger partial charge in [-0.25, -0.2) is 4.79 Å². The molecule has 126 valence electrons. The third kappa shape index (κ3) is 3.07. The van der Waals surface area contributed by atoms with Crippen molar-refractivity contribution in [1.29, 1.82) is 0 Å². The molecule has 0 unspecified atom stereocenters. The highest BCUT2D eigenvalue weighted by atomic mass is 16.5. The van der Waals surface area contributed by atoms with E-state index in [9.17, 15) is 14.7 Å². The van der Waals surface area contributed by atoms with Crippen LogP contribution in [0.5, 0.6) is 0 Å². The van der Waals surface area contributed by atoms with Gasteiger partial charge in [0.15, 0.2) is 0 Å². The van der Waals surface area contributed by atoms with Crippen LogP contribution in [0.1, 0.15) is 41.3 Å². The van der Waals surface area contributed by atoms with E-state index < -0.39 is 11.4 Å². The summed E-state index contributed by atoms with van der Waals surface area (Å²) in [4.78, 5) is 23.9. The first-order valence-corrected chi connectivity index (χ1v) is 8.30. The number of carboxylic acids is 1. The Hall–Kier alpha value is -2.56. The van der Waals surface area contributed by atoms with Gasteiger partial charge in [0, 0.05) is 18.1 Å². The number of benzene rings is 1. The minimum absolute atomic E-state index is 0.158. The first-order chi connectivity index (χ1) is 11.6. The lowest BCUT2D eigenvalue weighted by molar-refractivity contribution is 0.0694. The highest BCUT2D eigenvalue weighted by Gasteiger charge is 2.19. The van der Waals surface area contributed by atoms with Crippen LogP contribution in [0.4, 0.5) is 0 Å². The van der Waals surface area contributed by atoms with Crippen LogP contribution in [0.2, 0.25) is 0 Å². The van der Waals surface area contributed by atoms with Crippen molar-refractivity contribution in [3.63, 3.8) is 0 Å². The Morgan fingerprint density at radius 2 is 2.25 bits per heavy atom. The summed E-state index contributed by atoms with van der Waals surface area (Å²) in [5, 5.41) is 9.79. The van der Waals surface area contributed by atoms with Gasteiger partial charge in [-0.3, -0.25) is 4.79 Å². The van der Waals surface area contributed by atoms with Gasteiger partial charge >= 0.3 is 5.97 Å². The predicted molar refractivity (Wildman–Crippen MR) is 92.6 cm³/mol. The van der Waals surface area contributed by atoms with Crippen LogP contribution in [-0.2, 0) is 24.1 Å². The second-order valence-electron chi connectivity index (χ2n) is 6.07. The first kappa shape index (κ1) is 16.3. The monoisotopic (exact) mass is 327 g/mol. The number of ether oxygens (including phenoxy) is 1. The van der Waals surface area contributed by atoms with Crippen molar-refractivity contribution in [2.24, 2.45) is 0 Å². The maximum Gasteiger partial charge on any atom is 0.341 e. The number of hydrogen-bond donors (Lipinski definition) is 1. The number of rotatable bonds is 6. The maximum atomic E-state index is 12.5. The molecule has 3 rings (SSSR count). The number of pyridine rings is 1. The van der Waals surface area contributed by atoms with Crippen LogP contribution in [0.3, 0.4) is 0 Å². The molecule has 24 heavy (non-hydrogen) atoms. The summed E-state index contributed by atoms with van der Waals surface area (Å²) in [6.07, 6.45) is 8.56. The molecule has 0 fully saturated rings. The van der Waals surface area contributed by atoms with E-state index in [-0.39, 0.29) is 5.56 Å². The van der Waals surface area contributed by atoms with E-state index in [1.165, 1.54) is 6.20 Å². The molecule has 1 aliphatic rings. The molecular formula is C19H21NO4. The standard InChI is InChI=1S/C19H21NO4/c1-2-8-24-9-4-5-13-10-14-6-3-7-20-12-16(19(22)23)18(21)15(11-13)17(14)20/h4,9-12H,2-3,5-8H2,1H3,(H,22,23)/b9-4+. The Kier molecular flexibility index (Phi) is 4.69. The molecule has 2 aromatic rings. The molecule has 2 heterocycles. The molecule has 1 aromatic heterocycles. The summed E-state index contributed by atoms with van der Waals surface area (Å²) in [5.41, 5.74) is 2.44. The van der Waals surface area contributed by atoms with Crippen molar-refractivity contribution >= 4 is 16.9 Å². The molecule has 0 aliphatic carbocycles. The SMILES string of the molecule is CCCO/C=C/Cc1cc2c3c(c1)c(=O)c(C(=O)O)cn3CCC2. The fraction of sp³-hybridized carbons (Fsp3) is 0.368. The predicted octanol–water partition coefficient (Wildman–Crippen LogP) is 3.13. The molecule has 5 nitrogen and oxygen atoms in total. The lowest BCUT2D eigenvalue weighted by Gasteiger charge is -2.21. The Labute approximate surface area is 140 Å². The molecule has 5 heteroatoms. The highest BCUT2D eigenvalue weighted by molar-refractivity contribution is 5.93. The van der Waals surface area contributed by atoms with Gasteiger partial charge in [0.25, 0.3) is 0 Å². The average molecular weight is 327 g/mol. The van der Waals surface area contributed by atoms with Crippen LogP contribution in [0, 0.1) is 0 Å². The van der Waals surface area contributed by atoms with Gasteiger partial charge < -0.3 is 14.4 Å². The third-order valence-corrected chi connectivity index (χ3v) is 4.25. The van der Waals surface area contributed by atoms with E-state index in [4.69, 9.17) is 4.74 Å². The number of nitrogens with zero attached hydrogens (tertiary/aromatic N) is 1. The Morgan fingerprint density at radius 1 is 1.42 bits per heavy atom. The average Bonchev–Trinajstić information content (AvgIpc) is 2.57. The number of carboxylic acid groups (broad SMARTS) is 1. The smallest absolute Gasteiger partial charge is 0.341 e. The van der Waals surface area contributed by atoms with Crippen molar-refractivity contribution in [2.45, 2.75) is 39.2 Å². The molecule has 0 atom stereocenters. The van der Waals surface area contributed by atoms with Gasteiger partial charge in [-0.05, 0) is 49.0 Å². The molecule has 1 aliphatic heterocycles. The van der Waals surface area contributed by atoms with E-state index in [0.717, 1.165) is 42.5 Å². The lowest BCUT2D eigenvalue weighted by atomic mass is 9.96. The summed E-state index contributed by atoms with van der Waals surface area (Å²) in [6, 6.07) is 3.93. The van der Waals surface area contributed by atoms with Gasteiger partial charge in [-0.15, -0.1) is 0 Å². The quantitative estimate of drug-likeness (QED) is 0.654. The van der Waals surface area contributed by atoms with Crippen LogP contribution in [-0.4, -0.2) is 22.2 Å². The molecular weight excluding hydrogens is 306 g/mol. The van der Waals surface area contributed by atoms with E-state index in [1.807, 2.05) is 23.6 Å². The number of hydrogen-bond acceptors (Lipinski definition) is 3. The normalized spacial score (nSPS) is 13.5. The van der Waals surface area contributed by atoms with Gasteiger partial charge in [0.1, 0.15) is 5.56 Å². The number of carbonyl (C=O) groups is 1. The van der Waals surface area contributed by atoms with Gasteiger partial charge in [-0.2, -0.15) is 0 Å². The van der Waals surface area contributed by atoms with Crippen LogP contribution < -0.4 is 5.43 Å². The molecule has 0 saturated heterocycles. The van der Waals surface area contributed by atoms with Crippen LogP contribution in [0.25, 0.3) is 10.9 Å². The maximum absolute atomic E-state index is 12.5. The van der Waals surface area contributed by atoms with Crippen molar-refractivity contribution < 1.29 is 14.6 Å². The molecule has 1 N–H and O–H groups in total. The molecule has 0 bridgehead atoms. The Bertz CT molecular complexity index is 864. The zero-order valence-corrected chi connectivity index (χ0v) is 13.7. The highest BCUT2D eigenvalue weighted by Crippen LogP contribution is 2.25. The van der Waals surface area contributed by atoms with Crippen molar-refractivity contribution in [3.8, 4) is 0 Å². The van der Waals surface area contributed by atoms with E-state index in [0.29, 0.717) is 18.4 Å². The summed E-state index contributed by atoms with van der Waals surface area (Å²) in [5.74, 6) is -1.17. The van der Waals surface area contributed by atoms with E-state index in [1.54, 1.807) is 6.26 Å². The topological polar surface area (TPSA) is 68.5 Å². The number of aryl methyl sites for hydroxylation is 2. The van der Waals surface area contributed by atoms with E-state index in [2.05, 4.69) is 6.07 Å². The van der Waals surface area contributed by atoms with Gasteiger partial charge in [0.2, 0.25) is 5.43 Å². The largest absolute Gasteiger partial charge is 0.502 e. The summed E-state index contributed by atoms with van der Waals surface area (Å²) in [7, 11) is 0. The molecule has 0 spiro atoms. The molecule has 0 radical (unpaired) electrons. The molecule has 0 amide bonds. The minimum Gasteiger partial charge on any atom is -0.502 e. The zero-order chi connectivity index (χ0) is 17.1. The summed E-state index contributed by atoms with van der Waals surface area (Å²) in [6.45, 7) is 3.48. The van der Waals surface area contributed by atoms with Gasteiger partial charge in [0.05, 0.1) is 18.4 Å². The second-order valence-corrected chi connectivity index (χ2v) is 6.07. The Morgan fingerprint density at radius 3 is 3.00 bits per heavy atom. The third-order valence-electron chi connectivity index (χ3n) is 4.25. The summed E-state index contributed by atoms with van der Waals surface area (Å²) < 4.78 is 7.23. The minimum atomic E-state index is -1.17. The number of allylic oxidation sites excluding steroid dienone is 1. The van der Waals surface area contributed by atoms with Crippen molar-refractivity contribution in [3.05, 3.63) is 57.6 Å². The number of aromatic nitrogens is 1. The van der Waals surface area contributed by atoms with Crippen molar-refractivity contribution in [2.75, 3.05) is 6.61 Å². The van der Waals surface area contributed by atoms with Gasteiger partial charge in [-0.1, -0.05) is 13.0 Å². The fourth-order valence-corrected chi connectivity index (χ4v) is 3.21.